The van der Waals surface area contributed by atoms with Crippen LogP contribution in [-0.4, -0.2) is 25.7 Å². The Hall–Kier alpha value is -1.35. The highest BCUT2D eigenvalue weighted by atomic mass is 16.5. The Balaban J connectivity index is 2.01. The van der Waals surface area contributed by atoms with Crippen LogP contribution in [0, 0.1) is 19.3 Å². The lowest BCUT2D eigenvalue weighted by Gasteiger charge is -2.38. The van der Waals surface area contributed by atoms with Gasteiger partial charge in [0.2, 0.25) is 0 Å². The predicted molar refractivity (Wildman–Crippen MR) is 67.2 cm³/mol. The van der Waals surface area contributed by atoms with Crippen molar-refractivity contribution in [3.05, 3.63) is 34.9 Å². The number of carbonyl (C=O) groups is 1. The van der Waals surface area contributed by atoms with E-state index in [2.05, 4.69) is 12.2 Å². The van der Waals surface area contributed by atoms with Crippen LogP contribution in [0.2, 0.25) is 0 Å². The zero-order valence-corrected chi connectivity index (χ0v) is 10.7. The lowest BCUT2D eigenvalue weighted by molar-refractivity contribution is -0.0978. The molecular formula is C14H19NO2. The molecule has 1 saturated heterocycles. The minimum Gasteiger partial charge on any atom is -0.380 e. The smallest absolute Gasteiger partial charge is 0.251 e. The van der Waals surface area contributed by atoms with Crippen molar-refractivity contribution in [2.75, 3.05) is 19.8 Å². The van der Waals surface area contributed by atoms with Crippen LogP contribution in [0.5, 0.6) is 0 Å². The molecule has 92 valence electrons. The number of hydrogen-bond acceptors (Lipinski definition) is 2. The average molecular weight is 233 g/mol. The van der Waals surface area contributed by atoms with E-state index in [0.717, 1.165) is 29.9 Å². The van der Waals surface area contributed by atoms with E-state index < -0.39 is 0 Å². The van der Waals surface area contributed by atoms with Gasteiger partial charge in [0.15, 0.2) is 0 Å². The van der Waals surface area contributed by atoms with E-state index in [1.165, 1.54) is 0 Å². The maximum absolute atomic E-state index is 12.1. The molecule has 0 aliphatic carbocycles. The minimum absolute atomic E-state index is 0.0133. The SMILES string of the molecule is Cc1ccc(C)c(C(=O)NCC2(C)COC2)c1. The fourth-order valence-corrected chi connectivity index (χ4v) is 1.92. The first-order valence-electron chi connectivity index (χ1n) is 5.93. The summed E-state index contributed by atoms with van der Waals surface area (Å²) in [4.78, 5) is 12.1. The molecule has 0 saturated carbocycles. The highest BCUT2D eigenvalue weighted by Crippen LogP contribution is 2.25. The van der Waals surface area contributed by atoms with E-state index in [1.807, 2.05) is 32.0 Å². The van der Waals surface area contributed by atoms with E-state index in [-0.39, 0.29) is 11.3 Å². The van der Waals surface area contributed by atoms with Crippen LogP contribution in [0.25, 0.3) is 0 Å². The van der Waals surface area contributed by atoms with Crippen molar-refractivity contribution in [1.82, 2.24) is 5.32 Å². The number of benzene rings is 1. The van der Waals surface area contributed by atoms with Gasteiger partial charge in [-0.2, -0.15) is 0 Å². The fourth-order valence-electron chi connectivity index (χ4n) is 1.92. The van der Waals surface area contributed by atoms with Gasteiger partial charge in [-0.05, 0) is 25.5 Å². The minimum atomic E-state index is 0.0133. The van der Waals surface area contributed by atoms with Gasteiger partial charge in [0, 0.05) is 17.5 Å². The van der Waals surface area contributed by atoms with Gasteiger partial charge in [0.1, 0.15) is 0 Å². The summed E-state index contributed by atoms with van der Waals surface area (Å²) in [5, 5.41) is 2.99. The first kappa shape index (κ1) is 12.1. The summed E-state index contributed by atoms with van der Waals surface area (Å²) >= 11 is 0. The zero-order valence-electron chi connectivity index (χ0n) is 10.7. The maximum Gasteiger partial charge on any atom is 0.251 e. The molecule has 1 aliphatic heterocycles. The van der Waals surface area contributed by atoms with Crippen molar-refractivity contribution in [2.45, 2.75) is 20.8 Å². The second kappa shape index (κ2) is 4.49. The Bertz CT molecular complexity index is 436. The van der Waals surface area contributed by atoms with Crippen LogP contribution >= 0.6 is 0 Å². The van der Waals surface area contributed by atoms with Gasteiger partial charge in [0.25, 0.3) is 5.91 Å². The molecule has 1 amide bonds. The molecule has 1 heterocycles. The number of amides is 1. The number of nitrogens with one attached hydrogen (secondary N) is 1. The average Bonchev–Trinajstić information content (AvgIpc) is 2.26. The predicted octanol–water partition coefficient (Wildman–Crippen LogP) is 2.07. The first-order chi connectivity index (χ1) is 8.00. The number of rotatable bonds is 3. The second-order valence-corrected chi connectivity index (χ2v) is 5.30. The van der Waals surface area contributed by atoms with Gasteiger partial charge in [0.05, 0.1) is 13.2 Å². The quantitative estimate of drug-likeness (QED) is 0.868. The number of carbonyl (C=O) groups excluding carboxylic acids is 1. The fraction of sp³-hybridized carbons (Fsp3) is 0.500. The van der Waals surface area contributed by atoms with Crippen LogP contribution in [-0.2, 0) is 4.74 Å². The molecule has 1 aromatic carbocycles. The van der Waals surface area contributed by atoms with Crippen LogP contribution in [0.3, 0.4) is 0 Å². The van der Waals surface area contributed by atoms with Crippen LogP contribution < -0.4 is 5.32 Å². The van der Waals surface area contributed by atoms with Gasteiger partial charge < -0.3 is 10.1 Å². The molecular weight excluding hydrogens is 214 g/mol. The molecule has 1 aromatic rings. The maximum atomic E-state index is 12.1. The Morgan fingerprint density at radius 2 is 2.12 bits per heavy atom. The molecule has 1 aliphatic rings. The van der Waals surface area contributed by atoms with E-state index in [1.54, 1.807) is 0 Å². The molecule has 3 heteroatoms. The molecule has 1 fully saturated rings. The lowest BCUT2D eigenvalue weighted by Crippen LogP contribution is -2.48. The third kappa shape index (κ3) is 2.67. The standard InChI is InChI=1S/C14H19NO2/c1-10-4-5-11(2)12(6-10)13(16)15-7-14(3)8-17-9-14/h4-6H,7-9H2,1-3H3,(H,15,16). The van der Waals surface area contributed by atoms with Gasteiger partial charge in [-0.1, -0.05) is 24.6 Å². The van der Waals surface area contributed by atoms with Crippen LogP contribution in [0.15, 0.2) is 18.2 Å². The molecule has 0 atom stereocenters. The number of hydrogen-bond donors (Lipinski definition) is 1. The second-order valence-electron chi connectivity index (χ2n) is 5.30. The highest BCUT2D eigenvalue weighted by Gasteiger charge is 2.33. The Morgan fingerprint density at radius 3 is 2.71 bits per heavy atom. The normalized spacial score (nSPS) is 17.4. The molecule has 0 radical (unpaired) electrons. The lowest BCUT2D eigenvalue weighted by atomic mass is 9.88. The largest absolute Gasteiger partial charge is 0.380 e. The summed E-state index contributed by atoms with van der Waals surface area (Å²) in [7, 11) is 0. The van der Waals surface area contributed by atoms with Gasteiger partial charge in [-0.15, -0.1) is 0 Å². The Morgan fingerprint density at radius 1 is 1.41 bits per heavy atom. The summed E-state index contributed by atoms with van der Waals surface area (Å²) in [6.07, 6.45) is 0. The van der Waals surface area contributed by atoms with Crippen molar-refractivity contribution < 1.29 is 9.53 Å². The molecule has 0 unspecified atom stereocenters. The molecule has 3 nitrogen and oxygen atoms in total. The Labute approximate surface area is 102 Å². The van der Waals surface area contributed by atoms with E-state index in [4.69, 9.17) is 4.74 Å². The third-order valence-electron chi connectivity index (χ3n) is 3.21. The first-order valence-corrected chi connectivity index (χ1v) is 5.93. The zero-order chi connectivity index (χ0) is 12.5. The van der Waals surface area contributed by atoms with Gasteiger partial charge in [-0.25, -0.2) is 0 Å². The van der Waals surface area contributed by atoms with Gasteiger partial charge in [-0.3, -0.25) is 4.79 Å². The third-order valence-corrected chi connectivity index (χ3v) is 3.21. The van der Waals surface area contributed by atoms with Crippen molar-refractivity contribution >= 4 is 5.91 Å². The van der Waals surface area contributed by atoms with Crippen LogP contribution in [0.1, 0.15) is 28.4 Å². The summed E-state index contributed by atoms with van der Waals surface area (Å²) in [6, 6.07) is 5.94. The van der Waals surface area contributed by atoms with Crippen LogP contribution in [0.4, 0.5) is 0 Å². The number of aryl methyl sites for hydroxylation is 2. The van der Waals surface area contributed by atoms with Crippen molar-refractivity contribution in [3.63, 3.8) is 0 Å². The van der Waals surface area contributed by atoms with Crippen molar-refractivity contribution in [3.8, 4) is 0 Å². The molecule has 17 heavy (non-hydrogen) atoms. The molecule has 0 bridgehead atoms. The molecule has 0 spiro atoms. The topological polar surface area (TPSA) is 38.3 Å². The molecule has 1 N–H and O–H groups in total. The van der Waals surface area contributed by atoms with E-state index in [9.17, 15) is 4.79 Å². The number of ether oxygens (including phenoxy) is 1. The summed E-state index contributed by atoms with van der Waals surface area (Å²) in [6.45, 7) is 8.24. The monoisotopic (exact) mass is 233 g/mol. The molecule has 2 rings (SSSR count). The Kier molecular flexibility index (Phi) is 3.20. The van der Waals surface area contributed by atoms with E-state index >= 15 is 0 Å². The van der Waals surface area contributed by atoms with Crippen molar-refractivity contribution in [1.29, 1.82) is 0 Å². The van der Waals surface area contributed by atoms with E-state index in [0.29, 0.717) is 6.54 Å². The summed E-state index contributed by atoms with van der Waals surface area (Å²) in [5.74, 6) is 0.0133. The summed E-state index contributed by atoms with van der Waals surface area (Å²) in [5.41, 5.74) is 3.02. The highest BCUT2D eigenvalue weighted by molar-refractivity contribution is 5.95. The summed E-state index contributed by atoms with van der Waals surface area (Å²) < 4.78 is 5.17. The van der Waals surface area contributed by atoms with Gasteiger partial charge >= 0.3 is 0 Å². The van der Waals surface area contributed by atoms with Crippen molar-refractivity contribution in [2.24, 2.45) is 5.41 Å². The molecule has 0 aromatic heterocycles.